The minimum atomic E-state index is -0.599. The van der Waals surface area contributed by atoms with Crippen molar-refractivity contribution >= 4 is 29.0 Å². The van der Waals surface area contributed by atoms with Crippen molar-refractivity contribution in [1.29, 1.82) is 0 Å². The van der Waals surface area contributed by atoms with Crippen molar-refractivity contribution in [1.82, 2.24) is 14.5 Å². The Balaban J connectivity index is 1.76. The molecule has 2 heterocycles. The molecular formula is C21H20ClF2N5O. The number of hydrogen-bond donors (Lipinski definition) is 2. The van der Waals surface area contributed by atoms with Crippen LogP contribution in [-0.2, 0) is 17.9 Å². The molecule has 2 aromatic carbocycles. The first-order valence-corrected chi connectivity index (χ1v) is 9.83. The summed E-state index contributed by atoms with van der Waals surface area (Å²) >= 11 is 5.79. The standard InChI is InChI=1S/C21H20ClF2N5O/c1-12(25)21(30)28-8-9-29-18(11-28)27-19(13-2-4-14(23)5-3-13)20(29)26-15-6-7-16(22)17(24)10-15/h2-7,10,12,26H,8-9,11,25H2,1H3/t12-/m1/s1. The summed E-state index contributed by atoms with van der Waals surface area (Å²) in [7, 11) is 0. The lowest BCUT2D eigenvalue weighted by atomic mass is 10.1. The van der Waals surface area contributed by atoms with E-state index in [1.54, 1.807) is 30.0 Å². The largest absolute Gasteiger partial charge is 0.340 e. The molecule has 1 aliphatic rings. The van der Waals surface area contributed by atoms with Crippen LogP contribution < -0.4 is 11.1 Å². The van der Waals surface area contributed by atoms with Crippen LogP contribution in [0.15, 0.2) is 42.5 Å². The number of anilines is 2. The molecule has 0 aliphatic carbocycles. The number of carbonyl (C=O) groups excluding carboxylic acids is 1. The summed E-state index contributed by atoms with van der Waals surface area (Å²) in [6.07, 6.45) is 0. The van der Waals surface area contributed by atoms with Gasteiger partial charge in [-0.3, -0.25) is 4.79 Å². The maximum Gasteiger partial charge on any atom is 0.239 e. The molecule has 30 heavy (non-hydrogen) atoms. The van der Waals surface area contributed by atoms with Crippen molar-refractivity contribution in [3.8, 4) is 11.3 Å². The van der Waals surface area contributed by atoms with Crippen molar-refractivity contribution in [2.75, 3.05) is 11.9 Å². The molecule has 156 valence electrons. The van der Waals surface area contributed by atoms with Crippen molar-refractivity contribution in [2.45, 2.75) is 26.1 Å². The number of rotatable bonds is 4. The zero-order chi connectivity index (χ0) is 21.4. The number of carbonyl (C=O) groups is 1. The summed E-state index contributed by atoms with van der Waals surface area (Å²) in [5.41, 5.74) is 7.51. The van der Waals surface area contributed by atoms with Gasteiger partial charge in [0, 0.05) is 24.3 Å². The Morgan fingerprint density at radius 1 is 1.20 bits per heavy atom. The minimum Gasteiger partial charge on any atom is -0.340 e. The fourth-order valence-electron chi connectivity index (χ4n) is 3.45. The Morgan fingerprint density at radius 2 is 1.93 bits per heavy atom. The molecule has 3 aromatic rings. The quantitative estimate of drug-likeness (QED) is 0.656. The number of nitrogens with one attached hydrogen (secondary N) is 1. The Bertz CT molecular complexity index is 1100. The van der Waals surface area contributed by atoms with Gasteiger partial charge in [-0.25, -0.2) is 13.8 Å². The first-order valence-electron chi connectivity index (χ1n) is 9.45. The van der Waals surface area contributed by atoms with Gasteiger partial charge in [0.25, 0.3) is 0 Å². The van der Waals surface area contributed by atoms with E-state index >= 15 is 0 Å². The predicted molar refractivity (Wildman–Crippen MR) is 111 cm³/mol. The fraction of sp³-hybridized carbons (Fsp3) is 0.238. The van der Waals surface area contributed by atoms with Gasteiger partial charge < -0.3 is 20.5 Å². The van der Waals surface area contributed by atoms with Gasteiger partial charge in [-0.05, 0) is 49.4 Å². The lowest BCUT2D eigenvalue weighted by Crippen LogP contribution is -2.45. The first kappa shape index (κ1) is 20.3. The summed E-state index contributed by atoms with van der Waals surface area (Å²) in [5, 5.41) is 3.24. The SMILES string of the molecule is C[C@@H](N)C(=O)N1CCn2c(nc(-c3ccc(F)cc3)c2Nc2ccc(Cl)c(F)c2)C1. The molecule has 0 saturated heterocycles. The summed E-state index contributed by atoms with van der Waals surface area (Å²) in [6.45, 7) is 2.90. The van der Waals surface area contributed by atoms with E-state index in [4.69, 9.17) is 22.3 Å². The van der Waals surface area contributed by atoms with E-state index in [0.717, 1.165) is 0 Å². The molecule has 0 bridgehead atoms. The summed E-state index contributed by atoms with van der Waals surface area (Å²) < 4.78 is 29.3. The molecule has 1 atom stereocenters. The Kier molecular flexibility index (Phi) is 5.44. The van der Waals surface area contributed by atoms with Crippen LogP contribution in [-0.4, -0.2) is 32.9 Å². The molecule has 0 radical (unpaired) electrons. The third-order valence-electron chi connectivity index (χ3n) is 4.97. The first-order chi connectivity index (χ1) is 14.3. The van der Waals surface area contributed by atoms with E-state index in [1.165, 1.54) is 24.3 Å². The third kappa shape index (κ3) is 3.88. The summed E-state index contributed by atoms with van der Waals surface area (Å²) in [4.78, 5) is 18.7. The molecule has 0 fully saturated rings. The monoisotopic (exact) mass is 431 g/mol. The van der Waals surface area contributed by atoms with Crippen LogP contribution >= 0.6 is 11.6 Å². The highest BCUT2D eigenvalue weighted by Crippen LogP contribution is 2.34. The van der Waals surface area contributed by atoms with Gasteiger partial charge in [-0.15, -0.1) is 0 Å². The van der Waals surface area contributed by atoms with Gasteiger partial charge >= 0.3 is 0 Å². The van der Waals surface area contributed by atoms with E-state index in [-0.39, 0.29) is 16.7 Å². The second-order valence-electron chi connectivity index (χ2n) is 7.19. The smallest absolute Gasteiger partial charge is 0.239 e. The van der Waals surface area contributed by atoms with Crippen LogP contribution in [0.1, 0.15) is 12.7 Å². The van der Waals surface area contributed by atoms with Crippen molar-refractivity contribution in [3.63, 3.8) is 0 Å². The highest BCUT2D eigenvalue weighted by Gasteiger charge is 2.28. The highest BCUT2D eigenvalue weighted by molar-refractivity contribution is 6.30. The van der Waals surface area contributed by atoms with Crippen molar-refractivity contribution in [2.24, 2.45) is 5.73 Å². The second-order valence-corrected chi connectivity index (χ2v) is 7.59. The Labute approximate surface area is 177 Å². The molecule has 4 rings (SSSR count). The fourth-order valence-corrected chi connectivity index (χ4v) is 3.57. The maximum atomic E-state index is 13.9. The van der Waals surface area contributed by atoms with Crippen LogP contribution in [0.2, 0.25) is 5.02 Å². The maximum absolute atomic E-state index is 13.9. The lowest BCUT2D eigenvalue weighted by Gasteiger charge is -2.29. The summed E-state index contributed by atoms with van der Waals surface area (Å²) in [6, 6.07) is 9.78. The van der Waals surface area contributed by atoms with E-state index in [9.17, 15) is 13.6 Å². The topological polar surface area (TPSA) is 76.2 Å². The highest BCUT2D eigenvalue weighted by atomic mass is 35.5. The molecule has 6 nitrogen and oxygen atoms in total. The molecular weight excluding hydrogens is 412 g/mol. The number of hydrogen-bond acceptors (Lipinski definition) is 4. The van der Waals surface area contributed by atoms with E-state index in [0.29, 0.717) is 48.2 Å². The summed E-state index contributed by atoms with van der Waals surface area (Å²) in [5.74, 6) is 0.238. The number of nitrogens with zero attached hydrogens (tertiary/aromatic N) is 3. The second kappa shape index (κ2) is 8.04. The number of benzene rings is 2. The average molecular weight is 432 g/mol. The molecule has 1 aliphatic heterocycles. The number of amides is 1. The zero-order valence-corrected chi connectivity index (χ0v) is 17.0. The third-order valence-corrected chi connectivity index (χ3v) is 5.28. The Hall–Kier alpha value is -2.97. The van der Waals surface area contributed by atoms with E-state index < -0.39 is 11.9 Å². The molecule has 0 saturated carbocycles. The lowest BCUT2D eigenvalue weighted by molar-refractivity contribution is -0.133. The van der Waals surface area contributed by atoms with E-state index in [2.05, 4.69) is 5.32 Å². The number of aromatic nitrogens is 2. The van der Waals surface area contributed by atoms with Crippen molar-refractivity contribution in [3.05, 3.63) is 64.9 Å². The molecule has 1 amide bonds. The minimum absolute atomic E-state index is 0.0275. The van der Waals surface area contributed by atoms with Gasteiger partial charge in [-0.1, -0.05) is 11.6 Å². The molecule has 1 aromatic heterocycles. The average Bonchev–Trinajstić information content (AvgIpc) is 3.08. The van der Waals surface area contributed by atoms with Gasteiger partial charge in [0.05, 0.1) is 17.6 Å². The van der Waals surface area contributed by atoms with Crippen LogP contribution in [0.4, 0.5) is 20.3 Å². The molecule has 9 heteroatoms. The predicted octanol–water partition coefficient (Wildman–Crippen LogP) is 3.91. The molecule has 3 N–H and O–H groups in total. The molecule has 0 spiro atoms. The normalized spacial score (nSPS) is 14.4. The van der Waals surface area contributed by atoms with Gasteiger partial charge in [0.1, 0.15) is 29.0 Å². The van der Waals surface area contributed by atoms with Crippen LogP contribution in [0, 0.1) is 11.6 Å². The van der Waals surface area contributed by atoms with Gasteiger partial charge in [0.15, 0.2) is 0 Å². The molecule has 0 unspecified atom stereocenters. The van der Waals surface area contributed by atoms with Crippen LogP contribution in [0.3, 0.4) is 0 Å². The number of halogens is 3. The van der Waals surface area contributed by atoms with Crippen LogP contribution in [0.25, 0.3) is 11.3 Å². The Morgan fingerprint density at radius 3 is 2.60 bits per heavy atom. The van der Waals surface area contributed by atoms with Gasteiger partial charge in [-0.2, -0.15) is 0 Å². The van der Waals surface area contributed by atoms with Crippen LogP contribution in [0.5, 0.6) is 0 Å². The van der Waals surface area contributed by atoms with Crippen molar-refractivity contribution < 1.29 is 13.6 Å². The number of fused-ring (bicyclic) bond motifs is 1. The van der Waals surface area contributed by atoms with Gasteiger partial charge in [0.2, 0.25) is 5.91 Å². The number of nitrogens with two attached hydrogens (primary N) is 1. The zero-order valence-electron chi connectivity index (χ0n) is 16.2. The number of imidazole rings is 1. The van der Waals surface area contributed by atoms with E-state index in [1.807, 2.05) is 4.57 Å².